The van der Waals surface area contributed by atoms with Gasteiger partial charge < -0.3 is 14.8 Å². The smallest absolute Gasteiger partial charge is 0.488 e. The predicted octanol–water partition coefficient (Wildman–Crippen LogP) is 2.69. The zero-order valence-electron chi connectivity index (χ0n) is 18.8. The van der Waals surface area contributed by atoms with Gasteiger partial charge in [-0.2, -0.15) is 5.10 Å². The molecule has 1 atom stereocenters. The van der Waals surface area contributed by atoms with Crippen molar-refractivity contribution in [3.63, 3.8) is 0 Å². The van der Waals surface area contributed by atoms with E-state index >= 15 is 0 Å². The number of carbonyl (C=O) groups is 3. The first-order valence-electron chi connectivity index (χ1n) is 11.0. The van der Waals surface area contributed by atoms with Crippen molar-refractivity contribution in [2.45, 2.75) is 25.2 Å². The number of ether oxygens (including phenoxy) is 2. The molecule has 13 heteroatoms. The third kappa shape index (κ3) is 5.01. The average Bonchev–Trinajstić information content (AvgIpc) is 2.83. The Hall–Kier alpha value is -4.68. The lowest BCUT2D eigenvalue weighted by molar-refractivity contribution is -0.274. The number of hydrogen-bond acceptors (Lipinski definition) is 7. The van der Waals surface area contributed by atoms with Crippen molar-refractivity contribution in [1.29, 1.82) is 0 Å². The highest BCUT2D eigenvalue weighted by Crippen LogP contribution is 2.32. The number of aromatic nitrogens is 2. The number of anilines is 1. The van der Waals surface area contributed by atoms with E-state index in [9.17, 15) is 32.3 Å². The molecule has 5 rings (SSSR count). The summed E-state index contributed by atoms with van der Waals surface area (Å²) >= 11 is 0. The molecule has 1 fully saturated rings. The van der Waals surface area contributed by atoms with Crippen LogP contribution < -0.4 is 25.7 Å². The average molecular weight is 514 g/mol. The Kier molecular flexibility index (Phi) is 5.90. The van der Waals surface area contributed by atoms with Crippen LogP contribution in [0.3, 0.4) is 0 Å². The Labute approximate surface area is 205 Å². The molecule has 37 heavy (non-hydrogen) atoms. The number of fused-ring (bicyclic) bond motifs is 2. The summed E-state index contributed by atoms with van der Waals surface area (Å²) < 4.78 is 48.0. The van der Waals surface area contributed by atoms with E-state index < -0.39 is 41.4 Å². The molecular formula is C24H17F3N4O6. The molecule has 2 aromatic carbocycles. The van der Waals surface area contributed by atoms with Gasteiger partial charge in [-0.05, 0) is 48.9 Å². The lowest BCUT2D eigenvalue weighted by atomic mass is 10.1. The quantitative estimate of drug-likeness (QED) is 0.513. The fourth-order valence-corrected chi connectivity index (χ4v) is 4.08. The minimum atomic E-state index is -4.86. The van der Waals surface area contributed by atoms with Crippen LogP contribution in [0.25, 0.3) is 16.8 Å². The molecule has 190 valence electrons. The first kappa shape index (κ1) is 24.0. The van der Waals surface area contributed by atoms with Crippen molar-refractivity contribution < 1.29 is 37.0 Å². The van der Waals surface area contributed by atoms with E-state index in [0.717, 1.165) is 16.8 Å². The number of rotatable bonds is 4. The first-order valence-corrected chi connectivity index (χ1v) is 11.0. The minimum absolute atomic E-state index is 0.0915. The van der Waals surface area contributed by atoms with Gasteiger partial charge in [0.1, 0.15) is 24.1 Å². The Morgan fingerprint density at radius 2 is 1.97 bits per heavy atom. The molecule has 3 heterocycles. The highest BCUT2D eigenvalue weighted by molar-refractivity contribution is 6.08. The number of imide groups is 1. The summed E-state index contributed by atoms with van der Waals surface area (Å²) in [5.74, 6) is -1.71. The van der Waals surface area contributed by atoms with E-state index in [0.29, 0.717) is 16.8 Å². The van der Waals surface area contributed by atoms with Gasteiger partial charge in [-0.25, -0.2) is 4.68 Å². The third-order valence-corrected chi connectivity index (χ3v) is 5.79. The molecule has 3 amide bonds. The van der Waals surface area contributed by atoms with Crippen LogP contribution in [0.4, 0.5) is 18.9 Å². The zero-order valence-corrected chi connectivity index (χ0v) is 18.8. The molecular weight excluding hydrogens is 497 g/mol. The second-order valence-electron chi connectivity index (χ2n) is 8.32. The number of hydrogen-bond donors (Lipinski definition) is 2. The van der Waals surface area contributed by atoms with Crippen LogP contribution in [0.1, 0.15) is 24.4 Å². The maximum Gasteiger partial charge on any atom is 0.573 e. The number of piperidine rings is 1. The second kappa shape index (κ2) is 9.08. The van der Waals surface area contributed by atoms with Gasteiger partial charge in [-0.3, -0.25) is 24.5 Å². The molecule has 0 spiro atoms. The van der Waals surface area contributed by atoms with Gasteiger partial charge >= 0.3 is 6.36 Å². The van der Waals surface area contributed by atoms with Crippen LogP contribution in [0.15, 0.2) is 53.0 Å². The van der Waals surface area contributed by atoms with E-state index in [-0.39, 0.29) is 36.0 Å². The lowest BCUT2D eigenvalue weighted by Gasteiger charge is -2.21. The van der Waals surface area contributed by atoms with Crippen LogP contribution in [0.5, 0.6) is 11.5 Å². The van der Waals surface area contributed by atoms with Crippen molar-refractivity contribution in [3.05, 3.63) is 64.1 Å². The fourth-order valence-electron chi connectivity index (χ4n) is 4.08. The van der Waals surface area contributed by atoms with Crippen LogP contribution in [-0.4, -0.2) is 40.5 Å². The highest BCUT2D eigenvalue weighted by atomic mass is 19.4. The van der Waals surface area contributed by atoms with E-state index in [4.69, 9.17) is 4.74 Å². The second-order valence-corrected chi connectivity index (χ2v) is 8.32. The normalized spacial score (nSPS) is 17.4. The van der Waals surface area contributed by atoms with Crippen LogP contribution in [0.2, 0.25) is 0 Å². The molecule has 1 aromatic heterocycles. The Morgan fingerprint density at radius 3 is 2.73 bits per heavy atom. The standard InChI is InChI=1S/C24H17F3N4O6/c25-24(26,27)37-16-2-5-19-12(9-16)7-14(11-36-19)21(33)29-15-1-3-17-13(8-15)10-28-31(23(17)35)18-4-6-20(32)30-22(18)34/h1-3,5,7-10,18H,4,6,11H2,(H,29,33)(H,30,32,34). The number of nitrogens with zero attached hydrogens (tertiary/aromatic N) is 2. The lowest BCUT2D eigenvalue weighted by Crippen LogP contribution is -2.45. The molecule has 2 aliphatic rings. The molecule has 10 nitrogen and oxygen atoms in total. The number of nitrogens with one attached hydrogen (secondary N) is 2. The maximum absolute atomic E-state index is 12.9. The molecule has 0 bridgehead atoms. The summed E-state index contributed by atoms with van der Waals surface area (Å²) in [6, 6.07) is 7.12. The first-order chi connectivity index (χ1) is 17.6. The van der Waals surface area contributed by atoms with Gasteiger partial charge in [0.25, 0.3) is 17.4 Å². The topological polar surface area (TPSA) is 129 Å². The van der Waals surface area contributed by atoms with Crippen molar-refractivity contribution in [2.75, 3.05) is 11.9 Å². The molecule has 0 aliphatic carbocycles. The SMILES string of the molecule is O=C1CCC(n2ncc3cc(NC(=O)C4=Cc5cc(OC(F)(F)F)ccc5OC4)ccc3c2=O)C(=O)N1. The van der Waals surface area contributed by atoms with Crippen molar-refractivity contribution >= 4 is 40.3 Å². The molecule has 3 aromatic rings. The summed E-state index contributed by atoms with van der Waals surface area (Å²) in [4.78, 5) is 49.2. The van der Waals surface area contributed by atoms with Crippen LogP contribution >= 0.6 is 0 Å². The van der Waals surface area contributed by atoms with E-state index in [1.165, 1.54) is 36.5 Å². The van der Waals surface area contributed by atoms with E-state index in [1.807, 2.05) is 0 Å². The fraction of sp³-hybridized carbons (Fsp3) is 0.208. The monoisotopic (exact) mass is 514 g/mol. The molecule has 0 radical (unpaired) electrons. The van der Waals surface area contributed by atoms with Crippen molar-refractivity contribution in [3.8, 4) is 11.5 Å². The van der Waals surface area contributed by atoms with Gasteiger partial charge in [-0.15, -0.1) is 13.2 Å². The molecule has 0 saturated carbocycles. The van der Waals surface area contributed by atoms with Gasteiger partial charge in [-0.1, -0.05) is 0 Å². The van der Waals surface area contributed by atoms with Crippen LogP contribution in [-0.2, 0) is 14.4 Å². The zero-order chi connectivity index (χ0) is 26.3. The number of amides is 3. The van der Waals surface area contributed by atoms with Crippen molar-refractivity contribution in [2.24, 2.45) is 0 Å². The van der Waals surface area contributed by atoms with Gasteiger partial charge in [0.15, 0.2) is 0 Å². The Bertz CT molecular complexity index is 1550. The van der Waals surface area contributed by atoms with Crippen LogP contribution in [0, 0.1) is 0 Å². The predicted molar refractivity (Wildman–Crippen MR) is 123 cm³/mol. The summed E-state index contributed by atoms with van der Waals surface area (Å²) in [6.07, 6.45) is -1.84. The molecule has 1 saturated heterocycles. The van der Waals surface area contributed by atoms with E-state index in [1.54, 1.807) is 0 Å². The number of halogens is 3. The number of carbonyl (C=O) groups excluding carboxylic acids is 3. The highest BCUT2D eigenvalue weighted by Gasteiger charge is 2.32. The van der Waals surface area contributed by atoms with E-state index in [2.05, 4.69) is 20.5 Å². The van der Waals surface area contributed by atoms with Gasteiger partial charge in [0, 0.05) is 23.1 Å². The summed E-state index contributed by atoms with van der Waals surface area (Å²) in [5, 5.41) is 9.57. The Morgan fingerprint density at radius 1 is 1.16 bits per heavy atom. The van der Waals surface area contributed by atoms with Crippen molar-refractivity contribution in [1.82, 2.24) is 15.1 Å². The summed E-state index contributed by atoms with van der Waals surface area (Å²) in [7, 11) is 0. The summed E-state index contributed by atoms with van der Waals surface area (Å²) in [6.45, 7) is -0.107. The third-order valence-electron chi connectivity index (χ3n) is 5.79. The molecule has 1 unspecified atom stereocenters. The molecule has 2 aliphatic heterocycles. The van der Waals surface area contributed by atoms with Gasteiger partial charge in [0.05, 0.1) is 17.2 Å². The summed E-state index contributed by atoms with van der Waals surface area (Å²) in [5.41, 5.74) is 0.207. The molecule has 2 N–H and O–H groups in total. The number of alkyl halides is 3. The minimum Gasteiger partial charge on any atom is -0.488 e. The number of benzene rings is 2. The largest absolute Gasteiger partial charge is 0.573 e. The van der Waals surface area contributed by atoms with Gasteiger partial charge in [0.2, 0.25) is 5.91 Å². The Balaban J connectivity index is 1.35. The maximum atomic E-state index is 12.9.